The van der Waals surface area contributed by atoms with Crippen LogP contribution in [0.2, 0.25) is 0 Å². The molecule has 8 heteroatoms. The first-order valence-corrected chi connectivity index (χ1v) is 11.3. The van der Waals surface area contributed by atoms with Crippen LogP contribution in [0.4, 0.5) is 4.79 Å². The molecular formula is C24H32N4O4. The maximum atomic E-state index is 13.4. The lowest BCUT2D eigenvalue weighted by Gasteiger charge is -2.34. The zero-order valence-electron chi connectivity index (χ0n) is 19.1. The molecule has 2 amide bonds. The highest BCUT2D eigenvalue weighted by molar-refractivity contribution is 5.95. The molecule has 3 heterocycles. The van der Waals surface area contributed by atoms with Crippen molar-refractivity contribution in [3.8, 4) is 5.69 Å². The maximum Gasteiger partial charge on any atom is 0.410 e. The molecule has 4 rings (SSSR count). The van der Waals surface area contributed by atoms with Gasteiger partial charge in [-0.1, -0.05) is 18.2 Å². The number of para-hydroxylation sites is 1. The molecule has 0 aliphatic carbocycles. The highest BCUT2D eigenvalue weighted by atomic mass is 16.6. The molecule has 0 saturated carbocycles. The van der Waals surface area contributed by atoms with Crippen molar-refractivity contribution in [1.29, 1.82) is 0 Å². The number of carbonyl (C=O) groups excluding carboxylic acids is 2. The Hall–Kier alpha value is -2.87. The summed E-state index contributed by atoms with van der Waals surface area (Å²) in [5, 5.41) is 4.61. The van der Waals surface area contributed by atoms with Crippen LogP contribution in [0, 0.1) is 0 Å². The average molecular weight is 441 g/mol. The molecule has 2 aromatic rings. The van der Waals surface area contributed by atoms with Crippen LogP contribution < -0.4 is 0 Å². The van der Waals surface area contributed by atoms with Crippen LogP contribution >= 0.6 is 0 Å². The smallest absolute Gasteiger partial charge is 0.410 e. The van der Waals surface area contributed by atoms with Crippen LogP contribution in [0.1, 0.15) is 55.6 Å². The molecule has 2 fully saturated rings. The summed E-state index contributed by atoms with van der Waals surface area (Å²) < 4.78 is 12.8. The SMILES string of the molecule is CC(C)(C)OC(=O)N1CCC(c2c(C(=O)N3CCOCC3)cnn2-c2ccccc2)CC1. The van der Waals surface area contributed by atoms with Gasteiger partial charge in [-0.05, 0) is 45.7 Å². The molecule has 2 aliphatic rings. The number of nitrogens with zero attached hydrogens (tertiary/aromatic N) is 4. The van der Waals surface area contributed by atoms with Gasteiger partial charge in [-0.2, -0.15) is 5.10 Å². The fraction of sp³-hybridized carbons (Fsp3) is 0.542. The Labute approximate surface area is 189 Å². The number of piperidine rings is 1. The number of hydrogen-bond acceptors (Lipinski definition) is 5. The number of ether oxygens (including phenoxy) is 2. The van der Waals surface area contributed by atoms with E-state index in [0.717, 1.165) is 24.2 Å². The van der Waals surface area contributed by atoms with E-state index in [1.54, 1.807) is 11.1 Å². The van der Waals surface area contributed by atoms with Gasteiger partial charge in [0, 0.05) is 32.1 Å². The van der Waals surface area contributed by atoms with E-state index in [0.29, 0.717) is 45.0 Å². The zero-order chi connectivity index (χ0) is 22.7. The Bertz CT molecular complexity index is 937. The molecular weight excluding hydrogens is 408 g/mol. The summed E-state index contributed by atoms with van der Waals surface area (Å²) in [6.07, 6.45) is 2.92. The van der Waals surface area contributed by atoms with Crippen LogP contribution in [0.25, 0.3) is 5.69 Å². The van der Waals surface area contributed by atoms with Crippen LogP contribution in [-0.2, 0) is 9.47 Å². The Balaban J connectivity index is 1.58. The molecule has 0 spiro atoms. The van der Waals surface area contributed by atoms with Gasteiger partial charge >= 0.3 is 6.09 Å². The monoisotopic (exact) mass is 440 g/mol. The average Bonchev–Trinajstić information content (AvgIpc) is 3.24. The third kappa shape index (κ3) is 4.96. The number of amides is 2. The number of hydrogen-bond donors (Lipinski definition) is 0. The summed E-state index contributed by atoms with van der Waals surface area (Å²) in [6.45, 7) is 9.09. The van der Waals surface area contributed by atoms with Crippen LogP contribution in [0.15, 0.2) is 36.5 Å². The molecule has 32 heavy (non-hydrogen) atoms. The van der Waals surface area contributed by atoms with Crippen molar-refractivity contribution >= 4 is 12.0 Å². The second-order valence-electron chi connectivity index (χ2n) is 9.34. The number of benzene rings is 1. The lowest BCUT2D eigenvalue weighted by atomic mass is 9.90. The molecule has 1 aromatic carbocycles. The van der Waals surface area contributed by atoms with Crippen molar-refractivity contribution in [2.75, 3.05) is 39.4 Å². The Morgan fingerprint density at radius 3 is 2.28 bits per heavy atom. The van der Waals surface area contributed by atoms with Gasteiger partial charge in [0.1, 0.15) is 5.60 Å². The summed E-state index contributed by atoms with van der Waals surface area (Å²) in [5.41, 5.74) is 1.98. The predicted molar refractivity (Wildman–Crippen MR) is 120 cm³/mol. The van der Waals surface area contributed by atoms with E-state index in [1.807, 2.05) is 60.7 Å². The van der Waals surface area contributed by atoms with Crippen molar-refractivity contribution < 1.29 is 19.1 Å². The Morgan fingerprint density at radius 1 is 1.00 bits per heavy atom. The lowest BCUT2D eigenvalue weighted by Crippen LogP contribution is -2.42. The first-order chi connectivity index (χ1) is 15.3. The van der Waals surface area contributed by atoms with Gasteiger partial charge < -0.3 is 19.3 Å². The molecule has 0 unspecified atom stereocenters. The summed E-state index contributed by atoms with van der Waals surface area (Å²) in [6, 6.07) is 9.89. The largest absolute Gasteiger partial charge is 0.444 e. The minimum Gasteiger partial charge on any atom is -0.444 e. The van der Waals surface area contributed by atoms with Gasteiger partial charge in [0.05, 0.1) is 36.4 Å². The Kier molecular flexibility index (Phi) is 6.50. The summed E-state index contributed by atoms with van der Waals surface area (Å²) in [7, 11) is 0. The van der Waals surface area contributed by atoms with E-state index in [-0.39, 0.29) is 17.9 Å². The number of likely N-dealkylation sites (tertiary alicyclic amines) is 1. The van der Waals surface area contributed by atoms with Crippen molar-refractivity contribution in [3.63, 3.8) is 0 Å². The molecule has 1 aromatic heterocycles. The fourth-order valence-electron chi connectivity index (χ4n) is 4.29. The highest BCUT2D eigenvalue weighted by Crippen LogP contribution is 2.33. The first kappa shape index (κ1) is 22.3. The molecule has 172 valence electrons. The van der Waals surface area contributed by atoms with E-state index in [2.05, 4.69) is 5.10 Å². The highest BCUT2D eigenvalue weighted by Gasteiger charge is 2.33. The van der Waals surface area contributed by atoms with E-state index in [4.69, 9.17) is 9.47 Å². The van der Waals surface area contributed by atoms with Gasteiger partial charge in [0.15, 0.2) is 0 Å². The number of aromatic nitrogens is 2. The van der Waals surface area contributed by atoms with Gasteiger partial charge in [-0.3, -0.25) is 4.79 Å². The molecule has 2 saturated heterocycles. The van der Waals surface area contributed by atoms with Gasteiger partial charge in [0.25, 0.3) is 5.91 Å². The van der Waals surface area contributed by atoms with Crippen molar-refractivity contribution in [3.05, 3.63) is 47.8 Å². The molecule has 2 aliphatic heterocycles. The van der Waals surface area contributed by atoms with Crippen molar-refractivity contribution in [1.82, 2.24) is 19.6 Å². The van der Waals surface area contributed by atoms with Crippen LogP contribution in [-0.4, -0.2) is 76.6 Å². The van der Waals surface area contributed by atoms with E-state index in [1.165, 1.54) is 0 Å². The van der Waals surface area contributed by atoms with Gasteiger partial charge in [0.2, 0.25) is 0 Å². The van der Waals surface area contributed by atoms with E-state index >= 15 is 0 Å². The summed E-state index contributed by atoms with van der Waals surface area (Å²) in [4.78, 5) is 29.5. The first-order valence-electron chi connectivity index (χ1n) is 11.3. The minimum atomic E-state index is -0.516. The molecule has 8 nitrogen and oxygen atoms in total. The second kappa shape index (κ2) is 9.32. The second-order valence-corrected chi connectivity index (χ2v) is 9.34. The topological polar surface area (TPSA) is 76.9 Å². The summed E-state index contributed by atoms with van der Waals surface area (Å²) in [5.74, 6) is 0.122. The lowest BCUT2D eigenvalue weighted by molar-refractivity contribution is 0.0201. The van der Waals surface area contributed by atoms with Crippen LogP contribution in [0.5, 0.6) is 0 Å². The number of carbonyl (C=O) groups is 2. The fourth-order valence-corrected chi connectivity index (χ4v) is 4.29. The minimum absolute atomic E-state index is 0.0000491. The number of rotatable bonds is 3. The van der Waals surface area contributed by atoms with E-state index in [9.17, 15) is 9.59 Å². The maximum absolute atomic E-state index is 13.4. The normalized spacial score (nSPS) is 18.0. The molecule has 0 bridgehead atoms. The Morgan fingerprint density at radius 2 is 1.66 bits per heavy atom. The van der Waals surface area contributed by atoms with Crippen molar-refractivity contribution in [2.24, 2.45) is 0 Å². The standard InChI is InChI=1S/C24H32N4O4/c1-24(2,3)32-23(30)27-11-9-18(10-12-27)21-20(22(29)26-13-15-31-16-14-26)17-25-28(21)19-7-5-4-6-8-19/h4-8,17-18H,9-16H2,1-3H3. The number of morpholine rings is 1. The van der Waals surface area contributed by atoms with Crippen LogP contribution in [0.3, 0.4) is 0 Å². The zero-order valence-corrected chi connectivity index (χ0v) is 19.1. The third-order valence-corrected chi connectivity index (χ3v) is 5.87. The molecule has 0 radical (unpaired) electrons. The van der Waals surface area contributed by atoms with Crippen molar-refractivity contribution in [2.45, 2.75) is 45.1 Å². The quantitative estimate of drug-likeness (QED) is 0.731. The van der Waals surface area contributed by atoms with Gasteiger partial charge in [-0.25, -0.2) is 9.48 Å². The summed E-state index contributed by atoms with van der Waals surface area (Å²) >= 11 is 0. The van der Waals surface area contributed by atoms with E-state index < -0.39 is 5.60 Å². The third-order valence-electron chi connectivity index (χ3n) is 5.87. The predicted octanol–water partition coefficient (Wildman–Crippen LogP) is 3.46. The molecule has 0 N–H and O–H groups in total. The molecule has 0 atom stereocenters. The van der Waals surface area contributed by atoms with Gasteiger partial charge in [-0.15, -0.1) is 0 Å².